The normalized spacial score (nSPS) is 29.4. The lowest BCUT2D eigenvalue weighted by Gasteiger charge is -2.53. The second-order valence-corrected chi connectivity index (χ2v) is 16.9. The van der Waals surface area contributed by atoms with Gasteiger partial charge >= 0.3 is 8.56 Å². The molecule has 3 atom stereocenters. The molecule has 0 amide bonds. The first-order valence-corrected chi connectivity index (χ1v) is 13.1. The highest BCUT2D eigenvalue weighted by Gasteiger charge is 2.62. The summed E-state index contributed by atoms with van der Waals surface area (Å²) in [5.74, 6) is 1.08. The van der Waals surface area contributed by atoms with E-state index in [4.69, 9.17) is 8.85 Å². The topological polar surface area (TPSA) is 18.5 Å². The van der Waals surface area contributed by atoms with Crippen molar-refractivity contribution < 1.29 is 8.85 Å². The Morgan fingerprint density at radius 1 is 1.08 bits per heavy atom. The van der Waals surface area contributed by atoms with Gasteiger partial charge in [-0.25, -0.2) is 0 Å². The molecule has 2 aliphatic rings. The molecule has 0 aliphatic carbocycles. The van der Waals surface area contributed by atoms with E-state index in [-0.39, 0.29) is 10.1 Å². The molecule has 2 heterocycles. The SMILES string of the molecule is CC(C)(C)[Si]1(C(C)(C)C)OC[C@H]2SC(SCc3ccccc3)C[C@@H]2O1. The van der Waals surface area contributed by atoms with Crippen molar-refractivity contribution >= 4 is 32.1 Å². The highest BCUT2D eigenvalue weighted by atomic mass is 32.2. The smallest absolute Gasteiger partial charge is 0.349 e. The zero-order chi connectivity index (χ0) is 18.3. The van der Waals surface area contributed by atoms with Crippen molar-refractivity contribution in [1.82, 2.24) is 0 Å². The Labute approximate surface area is 163 Å². The van der Waals surface area contributed by atoms with Gasteiger partial charge in [-0.2, -0.15) is 0 Å². The van der Waals surface area contributed by atoms with Crippen LogP contribution in [0.15, 0.2) is 30.3 Å². The Morgan fingerprint density at radius 3 is 2.32 bits per heavy atom. The van der Waals surface area contributed by atoms with Crippen LogP contribution in [0.2, 0.25) is 10.1 Å². The Morgan fingerprint density at radius 2 is 1.72 bits per heavy atom. The van der Waals surface area contributed by atoms with Crippen molar-refractivity contribution in [2.75, 3.05) is 6.61 Å². The van der Waals surface area contributed by atoms with E-state index in [9.17, 15) is 0 Å². The molecule has 1 unspecified atom stereocenters. The average Bonchev–Trinajstić information content (AvgIpc) is 2.93. The molecule has 0 saturated carbocycles. The largest absolute Gasteiger partial charge is 0.392 e. The third-order valence-electron chi connectivity index (χ3n) is 5.19. The third-order valence-corrected chi connectivity index (χ3v) is 13.4. The van der Waals surface area contributed by atoms with E-state index < -0.39 is 8.56 Å². The molecular formula is C20H32O2S2Si. The van der Waals surface area contributed by atoms with Gasteiger partial charge in [-0.1, -0.05) is 71.9 Å². The molecule has 1 aromatic rings. The minimum atomic E-state index is -2.31. The predicted octanol–water partition coefficient (Wildman–Crippen LogP) is 6.21. The Hall–Kier alpha value is 0.0569. The van der Waals surface area contributed by atoms with Crippen LogP contribution < -0.4 is 0 Å². The Kier molecular flexibility index (Phi) is 5.73. The van der Waals surface area contributed by atoms with Crippen LogP contribution in [0.1, 0.15) is 53.5 Å². The van der Waals surface area contributed by atoms with Crippen molar-refractivity contribution in [3.05, 3.63) is 35.9 Å². The van der Waals surface area contributed by atoms with Crippen LogP contribution >= 0.6 is 23.5 Å². The molecule has 0 bridgehead atoms. The van der Waals surface area contributed by atoms with Crippen molar-refractivity contribution in [2.45, 2.75) is 79.7 Å². The molecule has 2 aliphatic heterocycles. The second kappa shape index (κ2) is 7.23. The second-order valence-electron chi connectivity index (χ2n) is 9.22. The van der Waals surface area contributed by atoms with Crippen molar-refractivity contribution in [2.24, 2.45) is 0 Å². The van der Waals surface area contributed by atoms with E-state index in [0.29, 0.717) is 15.9 Å². The lowest BCUT2D eigenvalue weighted by Crippen LogP contribution is -2.63. The molecule has 25 heavy (non-hydrogen) atoms. The zero-order valence-electron chi connectivity index (χ0n) is 16.4. The molecule has 2 saturated heterocycles. The lowest BCUT2D eigenvalue weighted by atomic mass is 10.2. The maximum absolute atomic E-state index is 6.89. The van der Waals surface area contributed by atoms with E-state index in [2.05, 4.69) is 95.4 Å². The van der Waals surface area contributed by atoms with Gasteiger partial charge in [0.15, 0.2) is 0 Å². The highest BCUT2D eigenvalue weighted by Crippen LogP contribution is 2.57. The minimum absolute atomic E-state index is 0.0795. The van der Waals surface area contributed by atoms with Crippen LogP contribution in [0.25, 0.3) is 0 Å². The summed E-state index contributed by atoms with van der Waals surface area (Å²) in [6.07, 6.45) is 1.51. The van der Waals surface area contributed by atoms with Gasteiger partial charge < -0.3 is 8.85 Å². The van der Waals surface area contributed by atoms with Crippen molar-refractivity contribution in [1.29, 1.82) is 0 Å². The lowest BCUT2D eigenvalue weighted by molar-refractivity contribution is 0.0288. The first-order chi connectivity index (χ1) is 11.6. The fourth-order valence-corrected chi connectivity index (χ4v) is 12.4. The van der Waals surface area contributed by atoms with E-state index in [0.717, 1.165) is 18.8 Å². The van der Waals surface area contributed by atoms with Crippen LogP contribution in [-0.2, 0) is 14.6 Å². The summed E-state index contributed by atoms with van der Waals surface area (Å²) in [7, 11) is -2.31. The first kappa shape index (κ1) is 19.8. The molecule has 0 aromatic heterocycles. The van der Waals surface area contributed by atoms with E-state index in [1.54, 1.807) is 0 Å². The van der Waals surface area contributed by atoms with Crippen LogP contribution in [0.5, 0.6) is 0 Å². The van der Waals surface area contributed by atoms with Gasteiger partial charge in [-0.3, -0.25) is 0 Å². The highest BCUT2D eigenvalue weighted by molar-refractivity contribution is 8.17. The summed E-state index contributed by atoms with van der Waals surface area (Å²) in [5.41, 5.74) is 1.41. The zero-order valence-corrected chi connectivity index (χ0v) is 19.0. The number of hydrogen-bond acceptors (Lipinski definition) is 4. The average molecular weight is 397 g/mol. The van der Waals surface area contributed by atoms with Crippen LogP contribution in [-0.4, -0.2) is 31.1 Å². The van der Waals surface area contributed by atoms with E-state index in [1.807, 2.05) is 0 Å². The van der Waals surface area contributed by atoms with Gasteiger partial charge in [0, 0.05) is 15.8 Å². The van der Waals surface area contributed by atoms with Gasteiger partial charge in [0.05, 0.1) is 22.5 Å². The van der Waals surface area contributed by atoms with Gasteiger partial charge in [-0.05, 0) is 12.0 Å². The quantitative estimate of drug-likeness (QED) is 0.565. The monoisotopic (exact) mass is 396 g/mol. The number of thioether (sulfide) groups is 2. The maximum Gasteiger partial charge on any atom is 0.349 e. The Bertz CT molecular complexity index is 566. The van der Waals surface area contributed by atoms with Crippen molar-refractivity contribution in [3.63, 3.8) is 0 Å². The summed E-state index contributed by atoms with van der Waals surface area (Å²) in [5, 5.41) is 0.658. The van der Waals surface area contributed by atoms with Crippen molar-refractivity contribution in [3.8, 4) is 0 Å². The van der Waals surface area contributed by atoms with Gasteiger partial charge in [0.25, 0.3) is 0 Å². The summed E-state index contributed by atoms with van der Waals surface area (Å²) in [6, 6.07) is 10.8. The molecule has 5 heteroatoms. The van der Waals surface area contributed by atoms with E-state index in [1.165, 1.54) is 5.56 Å². The molecule has 0 spiro atoms. The molecule has 2 fully saturated rings. The van der Waals surface area contributed by atoms with E-state index >= 15 is 0 Å². The minimum Gasteiger partial charge on any atom is -0.392 e. The fourth-order valence-electron chi connectivity index (χ4n) is 4.18. The summed E-state index contributed by atoms with van der Waals surface area (Å²) in [6.45, 7) is 14.7. The molecule has 3 rings (SSSR count). The van der Waals surface area contributed by atoms with Crippen LogP contribution in [0.4, 0.5) is 0 Å². The first-order valence-electron chi connectivity index (χ1n) is 9.25. The van der Waals surface area contributed by atoms with Crippen LogP contribution in [0.3, 0.4) is 0 Å². The number of benzene rings is 1. The molecule has 0 radical (unpaired) electrons. The van der Waals surface area contributed by atoms with Gasteiger partial charge in [-0.15, -0.1) is 23.5 Å². The predicted molar refractivity (Wildman–Crippen MR) is 114 cm³/mol. The summed E-state index contributed by atoms with van der Waals surface area (Å²) in [4.78, 5) is 0. The molecular weight excluding hydrogens is 364 g/mol. The Balaban J connectivity index is 1.66. The van der Waals surface area contributed by atoms with Gasteiger partial charge in [0.2, 0.25) is 0 Å². The summed E-state index contributed by atoms with van der Waals surface area (Å²) < 4.78 is 14.1. The number of rotatable bonds is 3. The molecule has 140 valence electrons. The fraction of sp³-hybridized carbons (Fsp3) is 0.700. The standard InChI is InChI=1S/C20H32O2S2Si/c1-19(2,3)25(20(4,5)6)21-13-17-16(22-25)12-18(24-17)23-14-15-10-8-7-9-11-15/h7-11,16-18H,12-14H2,1-6H3/t16-,17+,18?/m0/s1. The van der Waals surface area contributed by atoms with Gasteiger partial charge in [0.1, 0.15) is 0 Å². The molecule has 0 N–H and O–H groups in total. The molecule has 2 nitrogen and oxygen atoms in total. The number of hydrogen-bond donors (Lipinski definition) is 0. The third kappa shape index (κ3) is 4.01. The summed E-state index contributed by atoms with van der Waals surface area (Å²) >= 11 is 4.13. The molecule has 1 aromatic carbocycles. The van der Waals surface area contributed by atoms with Crippen LogP contribution in [0, 0.1) is 0 Å². The maximum atomic E-state index is 6.89. The number of fused-ring (bicyclic) bond motifs is 1.